The molecule has 2 fully saturated rings. The molecular formula is C8H15NOS. The Hall–Kier alpha value is 0.270. The van der Waals surface area contributed by atoms with Gasteiger partial charge in [0.25, 0.3) is 0 Å². The molecular weight excluding hydrogens is 158 g/mol. The molecule has 3 heteroatoms. The maximum atomic E-state index is 5.65. The molecule has 2 rings (SSSR count). The van der Waals surface area contributed by atoms with Crippen molar-refractivity contribution >= 4 is 11.8 Å². The normalized spacial score (nSPS) is 35.2. The number of hydrogen-bond donors (Lipinski definition) is 1. The summed E-state index contributed by atoms with van der Waals surface area (Å²) in [6, 6.07) is 0. The van der Waals surface area contributed by atoms with Crippen molar-refractivity contribution in [1.82, 2.24) is 0 Å². The van der Waals surface area contributed by atoms with Crippen LogP contribution >= 0.6 is 11.8 Å². The van der Waals surface area contributed by atoms with Crippen LogP contribution < -0.4 is 5.73 Å². The van der Waals surface area contributed by atoms with Crippen LogP contribution in [0.2, 0.25) is 0 Å². The SMILES string of the molecule is NCC1CCSC2(COC2)C1. The second kappa shape index (κ2) is 2.96. The summed E-state index contributed by atoms with van der Waals surface area (Å²) in [6.07, 6.45) is 2.59. The largest absolute Gasteiger partial charge is 0.378 e. The molecule has 1 atom stereocenters. The highest BCUT2D eigenvalue weighted by Gasteiger charge is 2.42. The van der Waals surface area contributed by atoms with Gasteiger partial charge in [0.2, 0.25) is 0 Å². The van der Waals surface area contributed by atoms with E-state index >= 15 is 0 Å². The average molecular weight is 173 g/mol. The minimum absolute atomic E-state index is 0.488. The van der Waals surface area contributed by atoms with Crippen LogP contribution in [0.1, 0.15) is 12.8 Å². The van der Waals surface area contributed by atoms with E-state index in [-0.39, 0.29) is 0 Å². The maximum Gasteiger partial charge on any atom is 0.0636 e. The zero-order chi connectivity index (χ0) is 7.73. The fourth-order valence-corrected chi connectivity index (χ4v) is 3.43. The van der Waals surface area contributed by atoms with Gasteiger partial charge in [0, 0.05) is 0 Å². The van der Waals surface area contributed by atoms with Crippen LogP contribution in [0.3, 0.4) is 0 Å². The third-order valence-electron chi connectivity index (χ3n) is 2.66. The van der Waals surface area contributed by atoms with Gasteiger partial charge < -0.3 is 10.5 Å². The van der Waals surface area contributed by atoms with Gasteiger partial charge >= 0.3 is 0 Å². The van der Waals surface area contributed by atoms with Crippen molar-refractivity contribution in [3.8, 4) is 0 Å². The summed E-state index contributed by atoms with van der Waals surface area (Å²) >= 11 is 2.09. The Labute approximate surface area is 71.9 Å². The Kier molecular flexibility index (Phi) is 2.12. The molecule has 2 N–H and O–H groups in total. The third kappa shape index (κ3) is 1.42. The van der Waals surface area contributed by atoms with Crippen molar-refractivity contribution in [2.45, 2.75) is 17.6 Å². The number of hydrogen-bond acceptors (Lipinski definition) is 3. The number of ether oxygens (including phenoxy) is 1. The summed E-state index contributed by atoms with van der Waals surface area (Å²) < 4.78 is 5.74. The fraction of sp³-hybridized carbons (Fsp3) is 1.00. The highest BCUT2D eigenvalue weighted by atomic mass is 32.2. The Morgan fingerprint density at radius 3 is 2.91 bits per heavy atom. The van der Waals surface area contributed by atoms with Crippen LogP contribution in [0.15, 0.2) is 0 Å². The van der Waals surface area contributed by atoms with E-state index in [2.05, 4.69) is 11.8 Å². The zero-order valence-electron chi connectivity index (χ0n) is 6.71. The van der Waals surface area contributed by atoms with Crippen LogP contribution in [0, 0.1) is 5.92 Å². The lowest BCUT2D eigenvalue weighted by Gasteiger charge is -2.46. The van der Waals surface area contributed by atoms with Gasteiger partial charge in [-0.1, -0.05) is 0 Å². The van der Waals surface area contributed by atoms with Gasteiger partial charge in [-0.3, -0.25) is 0 Å². The second-order valence-corrected chi connectivity index (χ2v) is 5.18. The Bertz CT molecular complexity index is 147. The molecule has 2 aliphatic heterocycles. The zero-order valence-corrected chi connectivity index (χ0v) is 7.53. The molecule has 0 aromatic carbocycles. The molecule has 2 saturated heterocycles. The minimum atomic E-state index is 0.488. The van der Waals surface area contributed by atoms with Crippen molar-refractivity contribution in [2.24, 2.45) is 11.7 Å². The van der Waals surface area contributed by atoms with Gasteiger partial charge in [-0.2, -0.15) is 11.8 Å². The summed E-state index contributed by atoms with van der Waals surface area (Å²) in [4.78, 5) is 0. The molecule has 1 unspecified atom stereocenters. The van der Waals surface area contributed by atoms with Crippen LogP contribution in [-0.2, 0) is 4.74 Å². The van der Waals surface area contributed by atoms with E-state index in [4.69, 9.17) is 10.5 Å². The summed E-state index contributed by atoms with van der Waals surface area (Å²) in [5.74, 6) is 2.05. The highest BCUT2D eigenvalue weighted by molar-refractivity contribution is 8.00. The predicted molar refractivity (Wildman–Crippen MR) is 47.8 cm³/mol. The molecule has 0 aliphatic carbocycles. The van der Waals surface area contributed by atoms with Crippen molar-refractivity contribution in [2.75, 3.05) is 25.5 Å². The van der Waals surface area contributed by atoms with Gasteiger partial charge in [0.15, 0.2) is 0 Å². The molecule has 1 spiro atoms. The summed E-state index contributed by atoms with van der Waals surface area (Å²) in [5, 5.41) is 0. The van der Waals surface area contributed by atoms with Gasteiger partial charge in [-0.25, -0.2) is 0 Å². The minimum Gasteiger partial charge on any atom is -0.378 e. The summed E-state index contributed by atoms with van der Waals surface area (Å²) in [6.45, 7) is 2.80. The van der Waals surface area contributed by atoms with Crippen molar-refractivity contribution in [3.63, 3.8) is 0 Å². The van der Waals surface area contributed by atoms with Crippen molar-refractivity contribution < 1.29 is 4.74 Å². The van der Waals surface area contributed by atoms with Gasteiger partial charge in [-0.05, 0) is 31.1 Å². The number of rotatable bonds is 1. The molecule has 11 heavy (non-hydrogen) atoms. The maximum absolute atomic E-state index is 5.65. The Morgan fingerprint density at radius 1 is 1.55 bits per heavy atom. The smallest absolute Gasteiger partial charge is 0.0636 e. The first-order valence-corrected chi connectivity index (χ1v) is 5.25. The molecule has 2 aliphatic rings. The van der Waals surface area contributed by atoms with Crippen molar-refractivity contribution in [3.05, 3.63) is 0 Å². The van der Waals surface area contributed by atoms with E-state index in [9.17, 15) is 0 Å². The topological polar surface area (TPSA) is 35.2 Å². The van der Waals surface area contributed by atoms with Crippen LogP contribution in [0.5, 0.6) is 0 Å². The number of nitrogens with two attached hydrogens (primary N) is 1. The van der Waals surface area contributed by atoms with E-state index in [0.717, 1.165) is 25.7 Å². The van der Waals surface area contributed by atoms with E-state index in [1.54, 1.807) is 0 Å². The monoisotopic (exact) mass is 173 g/mol. The van der Waals surface area contributed by atoms with E-state index < -0.39 is 0 Å². The summed E-state index contributed by atoms with van der Waals surface area (Å²) in [5.41, 5.74) is 5.65. The molecule has 0 aromatic rings. The first-order chi connectivity index (χ1) is 5.35. The molecule has 2 heterocycles. The quantitative estimate of drug-likeness (QED) is 0.638. The highest BCUT2D eigenvalue weighted by Crippen LogP contribution is 2.43. The molecule has 0 bridgehead atoms. The van der Waals surface area contributed by atoms with Crippen LogP contribution in [0.4, 0.5) is 0 Å². The van der Waals surface area contributed by atoms with E-state index in [1.807, 2.05) is 0 Å². The summed E-state index contributed by atoms with van der Waals surface area (Å²) in [7, 11) is 0. The van der Waals surface area contributed by atoms with Crippen molar-refractivity contribution in [1.29, 1.82) is 0 Å². The molecule has 2 nitrogen and oxygen atoms in total. The van der Waals surface area contributed by atoms with Crippen LogP contribution in [-0.4, -0.2) is 30.3 Å². The predicted octanol–water partition coefficient (Wildman–Crippen LogP) is 0.857. The van der Waals surface area contributed by atoms with E-state index in [1.165, 1.54) is 18.6 Å². The lowest BCUT2D eigenvalue weighted by Crippen LogP contribution is -2.50. The van der Waals surface area contributed by atoms with E-state index in [0.29, 0.717) is 4.75 Å². The fourth-order valence-electron chi connectivity index (χ4n) is 1.86. The molecule has 0 radical (unpaired) electrons. The molecule has 0 saturated carbocycles. The molecule has 0 aromatic heterocycles. The lowest BCUT2D eigenvalue weighted by molar-refractivity contribution is -0.0208. The lowest BCUT2D eigenvalue weighted by atomic mass is 9.90. The Morgan fingerprint density at radius 2 is 2.36 bits per heavy atom. The molecule has 0 amide bonds. The number of thioether (sulfide) groups is 1. The van der Waals surface area contributed by atoms with Gasteiger partial charge in [0.1, 0.15) is 0 Å². The van der Waals surface area contributed by atoms with Gasteiger partial charge in [0.05, 0.1) is 18.0 Å². The van der Waals surface area contributed by atoms with Crippen LogP contribution in [0.25, 0.3) is 0 Å². The third-order valence-corrected chi connectivity index (χ3v) is 4.11. The first kappa shape index (κ1) is 7.90. The van der Waals surface area contributed by atoms with Gasteiger partial charge in [-0.15, -0.1) is 0 Å². The Balaban J connectivity index is 1.92. The average Bonchev–Trinajstić information content (AvgIpc) is 2.02. The first-order valence-electron chi connectivity index (χ1n) is 4.26. The standard InChI is InChI=1S/C8H15NOS/c9-4-7-1-2-11-8(3-7)5-10-6-8/h7H,1-6,9H2. The second-order valence-electron chi connectivity index (χ2n) is 3.62. The molecule has 64 valence electrons.